The summed E-state index contributed by atoms with van der Waals surface area (Å²) in [4.78, 5) is 17.6. The van der Waals surface area contributed by atoms with Crippen molar-refractivity contribution in [2.45, 2.75) is 45.1 Å². The van der Waals surface area contributed by atoms with Crippen LogP contribution in [0, 0.1) is 13.8 Å². The van der Waals surface area contributed by atoms with Gasteiger partial charge in [-0.25, -0.2) is 13.1 Å². The van der Waals surface area contributed by atoms with Crippen LogP contribution in [0.5, 0.6) is 0 Å². The lowest BCUT2D eigenvalue weighted by atomic mass is 10.0. The van der Waals surface area contributed by atoms with E-state index >= 15 is 0 Å². The van der Waals surface area contributed by atoms with Crippen LogP contribution in [-0.2, 0) is 10.0 Å². The number of nitrogens with zero attached hydrogens (tertiary/aromatic N) is 1. The van der Waals surface area contributed by atoms with Crippen LogP contribution in [0.3, 0.4) is 0 Å². The van der Waals surface area contributed by atoms with Crippen molar-refractivity contribution in [1.29, 1.82) is 0 Å². The van der Waals surface area contributed by atoms with E-state index in [1.165, 1.54) is 12.1 Å². The molecule has 0 saturated carbocycles. The van der Waals surface area contributed by atoms with Crippen LogP contribution in [0.4, 0.5) is 5.69 Å². The van der Waals surface area contributed by atoms with Gasteiger partial charge >= 0.3 is 0 Å². The smallest absolute Gasteiger partial charge is 0.256 e. The zero-order chi connectivity index (χ0) is 21.4. The van der Waals surface area contributed by atoms with E-state index in [1.807, 2.05) is 32.0 Å². The number of benzene rings is 2. The van der Waals surface area contributed by atoms with Gasteiger partial charge < -0.3 is 5.32 Å². The van der Waals surface area contributed by atoms with Gasteiger partial charge in [0.15, 0.2) is 0 Å². The van der Waals surface area contributed by atoms with Gasteiger partial charge in [-0.05, 0) is 71.0 Å². The minimum atomic E-state index is -3.70. The number of hydrogen-bond acceptors (Lipinski definition) is 4. The van der Waals surface area contributed by atoms with Crippen molar-refractivity contribution in [2.75, 3.05) is 5.32 Å². The maximum absolute atomic E-state index is 13.0. The Labute approximate surface area is 171 Å². The minimum absolute atomic E-state index is 0.0943. The average Bonchev–Trinajstić information content (AvgIpc) is 2.59. The Balaban J connectivity index is 1.95. The summed E-state index contributed by atoms with van der Waals surface area (Å²) in [7, 11) is -3.70. The average molecular weight is 412 g/mol. The predicted molar refractivity (Wildman–Crippen MR) is 116 cm³/mol. The van der Waals surface area contributed by atoms with E-state index in [0.717, 1.165) is 22.2 Å². The molecule has 1 amide bonds. The highest BCUT2D eigenvalue weighted by Gasteiger charge is 2.22. The maximum atomic E-state index is 13.0. The SMILES string of the molecule is Cc1ccc2nc(C)cc(C(=O)Nc3cccc(S(=O)(=O)NC(C)(C)C)c3)c2c1. The number of aryl methyl sites for hydroxylation is 2. The minimum Gasteiger partial charge on any atom is -0.322 e. The van der Waals surface area contributed by atoms with Crippen LogP contribution in [-0.4, -0.2) is 24.8 Å². The van der Waals surface area contributed by atoms with Gasteiger partial charge in [-0.15, -0.1) is 0 Å². The molecular formula is C22H25N3O3S. The summed E-state index contributed by atoms with van der Waals surface area (Å²) in [6, 6.07) is 13.7. The molecule has 0 unspecified atom stereocenters. The third-order valence-electron chi connectivity index (χ3n) is 4.18. The molecule has 1 heterocycles. The van der Waals surface area contributed by atoms with Gasteiger partial charge in [-0.2, -0.15) is 0 Å². The Morgan fingerprint density at radius 2 is 1.72 bits per heavy atom. The molecule has 0 fully saturated rings. The Bertz CT molecular complexity index is 1200. The molecule has 0 aliphatic heterocycles. The fraction of sp³-hybridized carbons (Fsp3) is 0.273. The van der Waals surface area contributed by atoms with Crippen molar-refractivity contribution in [3.63, 3.8) is 0 Å². The first-order chi connectivity index (χ1) is 13.4. The molecule has 0 aliphatic carbocycles. The summed E-state index contributed by atoms with van der Waals surface area (Å²) >= 11 is 0. The molecule has 7 heteroatoms. The van der Waals surface area contributed by atoms with Crippen LogP contribution >= 0.6 is 0 Å². The van der Waals surface area contributed by atoms with Crippen LogP contribution in [0.25, 0.3) is 10.9 Å². The first-order valence-corrected chi connectivity index (χ1v) is 10.8. The monoisotopic (exact) mass is 411 g/mol. The lowest BCUT2D eigenvalue weighted by Crippen LogP contribution is -2.40. The Hall–Kier alpha value is -2.77. The summed E-state index contributed by atoms with van der Waals surface area (Å²) in [6.45, 7) is 9.11. The van der Waals surface area contributed by atoms with Crippen molar-refractivity contribution >= 4 is 32.5 Å². The highest BCUT2D eigenvalue weighted by atomic mass is 32.2. The Morgan fingerprint density at radius 3 is 2.41 bits per heavy atom. The zero-order valence-corrected chi connectivity index (χ0v) is 18.0. The number of fused-ring (bicyclic) bond motifs is 1. The fourth-order valence-corrected chi connectivity index (χ4v) is 4.53. The molecule has 0 bridgehead atoms. The largest absolute Gasteiger partial charge is 0.322 e. The number of rotatable bonds is 4. The first-order valence-electron chi connectivity index (χ1n) is 9.28. The van der Waals surface area contributed by atoms with E-state index in [9.17, 15) is 13.2 Å². The summed E-state index contributed by atoms with van der Waals surface area (Å²) in [5.74, 6) is -0.315. The molecule has 3 aromatic rings. The van der Waals surface area contributed by atoms with Crippen LogP contribution in [0.15, 0.2) is 53.4 Å². The van der Waals surface area contributed by atoms with Crippen LogP contribution in [0.1, 0.15) is 42.4 Å². The molecule has 0 saturated heterocycles. The van der Waals surface area contributed by atoms with Gasteiger partial charge in [-0.3, -0.25) is 9.78 Å². The molecule has 29 heavy (non-hydrogen) atoms. The predicted octanol–water partition coefficient (Wildman–Crippen LogP) is 4.18. The first kappa shape index (κ1) is 21.0. The van der Waals surface area contributed by atoms with Crippen molar-refractivity contribution in [1.82, 2.24) is 9.71 Å². The molecular weight excluding hydrogens is 386 g/mol. The topological polar surface area (TPSA) is 88.2 Å². The van der Waals surface area contributed by atoms with E-state index in [0.29, 0.717) is 11.3 Å². The van der Waals surface area contributed by atoms with E-state index in [2.05, 4.69) is 15.0 Å². The standard InChI is InChI=1S/C22H25N3O3S/c1-14-9-10-20-18(11-14)19(12-15(2)23-20)21(26)24-16-7-6-8-17(13-16)29(27,28)25-22(3,4)5/h6-13,25H,1-5H3,(H,24,26). The quantitative estimate of drug-likeness (QED) is 0.674. The fourth-order valence-electron chi connectivity index (χ4n) is 3.06. The Morgan fingerprint density at radius 1 is 1.00 bits per heavy atom. The van der Waals surface area contributed by atoms with Gasteiger partial charge in [0.25, 0.3) is 5.91 Å². The molecule has 0 spiro atoms. The summed E-state index contributed by atoms with van der Waals surface area (Å²) in [5.41, 5.74) is 2.80. The third-order valence-corrected chi connectivity index (χ3v) is 5.94. The highest BCUT2D eigenvalue weighted by molar-refractivity contribution is 7.89. The number of pyridine rings is 1. The van der Waals surface area contributed by atoms with Gasteiger partial charge in [0, 0.05) is 22.3 Å². The molecule has 0 aliphatic rings. The van der Waals surface area contributed by atoms with Gasteiger partial charge in [-0.1, -0.05) is 17.7 Å². The number of aromatic nitrogens is 1. The molecule has 0 radical (unpaired) electrons. The maximum Gasteiger partial charge on any atom is 0.256 e. The molecule has 3 rings (SSSR count). The second-order valence-electron chi connectivity index (χ2n) is 8.17. The normalized spacial score (nSPS) is 12.2. The molecule has 152 valence electrons. The number of amides is 1. The lowest BCUT2D eigenvalue weighted by Gasteiger charge is -2.20. The second-order valence-corrected chi connectivity index (χ2v) is 9.85. The summed E-state index contributed by atoms with van der Waals surface area (Å²) in [6.07, 6.45) is 0. The molecule has 2 aromatic carbocycles. The van der Waals surface area contributed by atoms with E-state index in [-0.39, 0.29) is 10.8 Å². The number of hydrogen-bond donors (Lipinski definition) is 2. The van der Waals surface area contributed by atoms with Crippen LogP contribution < -0.4 is 10.0 Å². The van der Waals surface area contributed by atoms with Crippen molar-refractivity contribution in [3.05, 3.63) is 65.4 Å². The number of nitrogens with one attached hydrogen (secondary N) is 2. The van der Waals surface area contributed by atoms with Crippen LogP contribution in [0.2, 0.25) is 0 Å². The van der Waals surface area contributed by atoms with Gasteiger partial charge in [0.2, 0.25) is 10.0 Å². The van der Waals surface area contributed by atoms with Gasteiger partial charge in [0.1, 0.15) is 0 Å². The van der Waals surface area contributed by atoms with Crippen molar-refractivity contribution < 1.29 is 13.2 Å². The highest BCUT2D eigenvalue weighted by Crippen LogP contribution is 2.23. The van der Waals surface area contributed by atoms with E-state index in [4.69, 9.17) is 0 Å². The second kappa shape index (κ2) is 7.57. The molecule has 2 N–H and O–H groups in total. The summed E-state index contributed by atoms with van der Waals surface area (Å²) < 4.78 is 27.8. The molecule has 0 atom stereocenters. The molecule has 1 aromatic heterocycles. The van der Waals surface area contributed by atoms with E-state index in [1.54, 1.807) is 39.0 Å². The van der Waals surface area contributed by atoms with Crippen molar-refractivity contribution in [3.8, 4) is 0 Å². The number of sulfonamides is 1. The Kier molecular flexibility index (Phi) is 5.47. The zero-order valence-electron chi connectivity index (χ0n) is 17.2. The number of carbonyl (C=O) groups is 1. The van der Waals surface area contributed by atoms with Crippen molar-refractivity contribution in [2.24, 2.45) is 0 Å². The number of carbonyl (C=O) groups excluding carboxylic acids is 1. The van der Waals surface area contributed by atoms with E-state index < -0.39 is 15.6 Å². The molecule has 6 nitrogen and oxygen atoms in total. The summed E-state index contributed by atoms with van der Waals surface area (Å²) in [5, 5.41) is 3.57. The number of anilines is 1. The lowest BCUT2D eigenvalue weighted by molar-refractivity contribution is 0.102. The van der Waals surface area contributed by atoms with Gasteiger partial charge in [0.05, 0.1) is 16.0 Å². The third kappa shape index (κ3) is 4.99.